The van der Waals surface area contributed by atoms with Crippen LogP contribution in [0.5, 0.6) is 0 Å². The fourth-order valence-electron chi connectivity index (χ4n) is 2.57. The molecule has 0 aromatic carbocycles. The van der Waals surface area contributed by atoms with Crippen molar-refractivity contribution in [3.05, 3.63) is 35.6 Å². The molecule has 1 saturated carbocycles. The highest BCUT2D eigenvalue weighted by Gasteiger charge is 2.43. The minimum absolute atomic E-state index is 0.0339. The molecule has 0 aliphatic heterocycles. The summed E-state index contributed by atoms with van der Waals surface area (Å²) < 4.78 is 3.73. The molecule has 118 valence electrons. The molecular weight excluding hydrogens is 302 g/mol. The summed E-state index contributed by atoms with van der Waals surface area (Å²) >= 11 is 5.84. The second kappa shape index (κ2) is 5.76. The zero-order valence-corrected chi connectivity index (χ0v) is 13.5. The number of amides is 1. The van der Waals surface area contributed by atoms with E-state index in [0.717, 1.165) is 25.2 Å². The van der Waals surface area contributed by atoms with Crippen molar-refractivity contribution in [1.82, 2.24) is 24.6 Å². The molecule has 1 aliphatic rings. The van der Waals surface area contributed by atoms with Crippen molar-refractivity contribution in [1.29, 1.82) is 0 Å². The molecule has 2 aromatic rings. The van der Waals surface area contributed by atoms with E-state index < -0.39 is 0 Å². The number of halogens is 1. The molecule has 1 N–H and O–H groups in total. The van der Waals surface area contributed by atoms with Gasteiger partial charge in [-0.1, -0.05) is 11.6 Å². The van der Waals surface area contributed by atoms with E-state index in [9.17, 15) is 4.79 Å². The van der Waals surface area contributed by atoms with Crippen LogP contribution in [0.15, 0.2) is 24.8 Å². The number of imidazole rings is 1. The third-order valence-corrected chi connectivity index (χ3v) is 4.57. The van der Waals surface area contributed by atoms with Crippen LogP contribution in [-0.4, -0.2) is 31.8 Å². The second-order valence-electron chi connectivity index (χ2n) is 6.13. The molecule has 1 amide bonds. The Labute approximate surface area is 134 Å². The van der Waals surface area contributed by atoms with Crippen LogP contribution in [0.2, 0.25) is 5.02 Å². The zero-order valence-electron chi connectivity index (χ0n) is 12.8. The maximum atomic E-state index is 12.3. The molecule has 3 rings (SSSR count). The molecule has 1 fully saturated rings. The Morgan fingerprint density at radius 2 is 2.32 bits per heavy atom. The maximum Gasteiger partial charge on any atom is 0.244 e. The van der Waals surface area contributed by atoms with E-state index >= 15 is 0 Å². The summed E-state index contributed by atoms with van der Waals surface area (Å²) in [6.07, 6.45) is 9.27. The predicted molar refractivity (Wildman–Crippen MR) is 83.6 cm³/mol. The Kier molecular flexibility index (Phi) is 3.95. The van der Waals surface area contributed by atoms with Gasteiger partial charge in [0, 0.05) is 37.1 Å². The van der Waals surface area contributed by atoms with Crippen LogP contribution in [0.4, 0.5) is 0 Å². The molecule has 0 spiro atoms. The molecular formula is C15H20ClN5O. The quantitative estimate of drug-likeness (QED) is 0.887. The van der Waals surface area contributed by atoms with Crippen LogP contribution in [0.1, 0.15) is 31.6 Å². The molecule has 2 heterocycles. The number of nitrogens with one attached hydrogen (secondary N) is 1. The fourth-order valence-corrected chi connectivity index (χ4v) is 2.71. The topological polar surface area (TPSA) is 64.7 Å². The van der Waals surface area contributed by atoms with Gasteiger partial charge in [-0.15, -0.1) is 0 Å². The first-order chi connectivity index (χ1) is 10.5. The summed E-state index contributed by atoms with van der Waals surface area (Å²) in [5.74, 6) is 0.977. The van der Waals surface area contributed by atoms with E-state index in [2.05, 4.69) is 20.0 Å². The molecule has 2 aromatic heterocycles. The number of carbonyl (C=O) groups is 1. The smallest absolute Gasteiger partial charge is 0.244 e. The molecule has 0 saturated heterocycles. The van der Waals surface area contributed by atoms with Gasteiger partial charge in [0.1, 0.15) is 11.9 Å². The lowest BCUT2D eigenvalue weighted by atomic mass is 10.1. The largest absolute Gasteiger partial charge is 0.354 e. The first kappa shape index (κ1) is 15.1. The first-order valence-electron chi connectivity index (χ1n) is 7.44. The standard InChI is InChI=1S/C15H20ClN5O/c1-11(21-8-13(16)7-19-21)14(22)18-9-15(3-4-15)10-20-6-5-17-12(20)2/h5-8,11H,3-4,9-10H2,1-2H3,(H,18,22)/t11-/m0/s1. The van der Waals surface area contributed by atoms with Crippen molar-refractivity contribution in [2.75, 3.05) is 6.54 Å². The predicted octanol–water partition coefficient (Wildman–Crippen LogP) is 2.20. The lowest BCUT2D eigenvalue weighted by Gasteiger charge is -2.19. The Morgan fingerprint density at radius 1 is 1.55 bits per heavy atom. The van der Waals surface area contributed by atoms with Crippen molar-refractivity contribution in [2.45, 2.75) is 39.3 Å². The molecule has 0 bridgehead atoms. The van der Waals surface area contributed by atoms with Gasteiger partial charge in [-0.2, -0.15) is 5.10 Å². The van der Waals surface area contributed by atoms with E-state index in [-0.39, 0.29) is 17.4 Å². The number of aryl methyl sites for hydroxylation is 1. The number of rotatable bonds is 6. The third kappa shape index (κ3) is 3.16. The maximum absolute atomic E-state index is 12.3. The Bertz CT molecular complexity index is 673. The summed E-state index contributed by atoms with van der Waals surface area (Å²) in [4.78, 5) is 16.5. The SMILES string of the molecule is Cc1nccn1CC1(CNC(=O)[C@H](C)n2cc(Cl)cn2)CC1. The Hall–Kier alpha value is -1.82. The Morgan fingerprint density at radius 3 is 2.86 bits per heavy atom. The molecule has 6 nitrogen and oxygen atoms in total. The second-order valence-corrected chi connectivity index (χ2v) is 6.57. The highest BCUT2D eigenvalue weighted by molar-refractivity contribution is 6.30. The van der Waals surface area contributed by atoms with Crippen molar-refractivity contribution in [3.8, 4) is 0 Å². The summed E-state index contributed by atoms with van der Waals surface area (Å²) in [5, 5.41) is 7.66. The van der Waals surface area contributed by atoms with Gasteiger partial charge in [-0.05, 0) is 26.7 Å². The van der Waals surface area contributed by atoms with E-state index in [1.807, 2.05) is 26.2 Å². The molecule has 7 heteroatoms. The monoisotopic (exact) mass is 321 g/mol. The molecule has 0 radical (unpaired) electrons. The highest BCUT2D eigenvalue weighted by Crippen LogP contribution is 2.46. The van der Waals surface area contributed by atoms with E-state index in [1.165, 1.54) is 6.20 Å². The number of carbonyl (C=O) groups excluding carboxylic acids is 1. The van der Waals surface area contributed by atoms with Crippen molar-refractivity contribution in [2.24, 2.45) is 5.41 Å². The van der Waals surface area contributed by atoms with E-state index in [0.29, 0.717) is 11.6 Å². The zero-order chi connectivity index (χ0) is 15.7. The molecule has 22 heavy (non-hydrogen) atoms. The van der Waals surface area contributed by atoms with E-state index in [1.54, 1.807) is 10.9 Å². The summed E-state index contributed by atoms with van der Waals surface area (Å²) in [5.41, 5.74) is 0.169. The highest BCUT2D eigenvalue weighted by atomic mass is 35.5. The summed E-state index contributed by atoms with van der Waals surface area (Å²) in [7, 11) is 0. The van der Waals surface area contributed by atoms with Crippen LogP contribution in [0, 0.1) is 12.3 Å². The number of hydrogen-bond donors (Lipinski definition) is 1. The van der Waals surface area contributed by atoms with Gasteiger partial charge in [0.05, 0.1) is 11.2 Å². The van der Waals surface area contributed by atoms with Gasteiger partial charge in [0.15, 0.2) is 0 Å². The average Bonchev–Trinajstić information content (AvgIpc) is 2.93. The third-order valence-electron chi connectivity index (χ3n) is 4.37. The van der Waals surface area contributed by atoms with Gasteiger partial charge in [0.2, 0.25) is 5.91 Å². The number of aromatic nitrogens is 4. The van der Waals surface area contributed by atoms with Crippen LogP contribution in [-0.2, 0) is 11.3 Å². The lowest BCUT2D eigenvalue weighted by Crippen LogP contribution is -2.36. The van der Waals surface area contributed by atoms with Crippen molar-refractivity contribution >= 4 is 17.5 Å². The van der Waals surface area contributed by atoms with Crippen molar-refractivity contribution in [3.63, 3.8) is 0 Å². The Balaban J connectivity index is 1.55. The van der Waals surface area contributed by atoms with Crippen molar-refractivity contribution < 1.29 is 4.79 Å². The van der Waals surface area contributed by atoms with Crippen LogP contribution in [0.3, 0.4) is 0 Å². The normalized spacial score (nSPS) is 17.2. The fraction of sp³-hybridized carbons (Fsp3) is 0.533. The van der Waals surface area contributed by atoms with E-state index in [4.69, 9.17) is 11.6 Å². The van der Waals surface area contributed by atoms with Gasteiger partial charge in [0.25, 0.3) is 0 Å². The first-order valence-corrected chi connectivity index (χ1v) is 7.82. The average molecular weight is 322 g/mol. The number of nitrogens with zero attached hydrogens (tertiary/aromatic N) is 4. The van der Waals surface area contributed by atoms with Gasteiger partial charge in [-0.3, -0.25) is 9.48 Å². The van der Waals surface area contributed by atoms with Crippen LogP contribution in [0.25, 0.3) is 0 Å². The molecule has 1 aliphatic carbocycles. The lowest BCUT2D eigenvalue weighted by molar-refractivity contribution is -0.124. The molecule has 1 atom stereocenters. The van der Waals surface area contributed by atoms with Gasteiger partial charge in [-0.25, -0.2) is 4.98 Å². The van der Waals surface area contributed by atoms with Crippen LogP contribution < -0.4 is 5.32 Å². The summed E-state index contributed by atoms with van der Waals surface area (Å²) in [6, 6.07) is -0.363. The minimum atomic E-state index is -0.363. The van der Waals surface area contributed by atoms with Crippen LogP contribution >= 0.6 is 11.6 Å². The molecule has 0 unspecified atom stereocenters. The van der Waals surface area contributed by atoms with Gasteiger partial charge >= 0.3 is 0 Å². The number of hydrogen-bond acceptors (Lipinski definition) is 3. The van der Waals surface area contributed by atoms with Gasteiger partial charge < -0.3 is 9.88 Å². The minimum Gasteiger partial charge on any atom is -0.354 e. The summed E-state index contributed by atoms with van der Waals surface area (Å²) in [6.45, 7) is 5.40.